The topological polar surface area (TPSA) is 97.0 Å². The van der Waals surface area contributed by atoms with E-state index in [1.54, 1.807) is 36.4 Å². The van der Waals surface area contributed by atoms with E-state index < -0.39 is 23.9 Å². The van der Waals surface area contributed by atoms with Crippen molar-refractivity contribution in [1.29, 1.82) is 0 Å². The number of carboxylic acid groups (broad SMARTS) is 1. The van der Waals surface area contributed by atoms with Crippen molar-refractivity contribution in [2.75, 3.05) is 7.11 Å². The van der Waals surface area contributed by atoms with Crippen molar-refractivity contribution in [1.82, 2.24) is 4.90 Å². The van der Waals surface area contributed by atoms with Crippen molar-refractivity contribution in [3.8, 4) is 11.3 Å². The molecule has 2 heterocycles. The number of nitrogens with zero attached hydrogens (tertiary/aromatic N) is 1. The molecule has 1 fully saturated rings. The second-order valence-corrected chi connectivity index (χ2v) is 7.51. The van der Waals surface area contributed by atoms with Crippen molar-refractivity contribution >= 4 is 52.2 Å². The van der Waals surface area contributed by atoms with Crippen LogP contribution in [0, 0.1) is 0 Å². The molecule has 144 valence electrons. The summed E-state index contributed by atoms with van der Waals surface area (Å²) in [6.07, 6.45) is 1.53. The summed E-state index contributed by atoms with van der Waals surface area (Å²) < 4.78 is 10.6. The Morgan fingerprint density at radius 1 is 1.25 bits per heavy atom. The number of aliphatic carboxylic acids is 1. The zero-order chi connectivity index (χ0) is 20.4. The highest BCUT2D eigenvalue weighted by molar-refractivity contribution is 8.26. The summed E-state index contributed by atoms with van der Waals surface area (Å²) >= 11 is 6.16. The van der Waals surface area contributed by atoms with Crippen LogP contribution in [-0.2, 0) is 14.3 Å². The van der Waals surface area contributed by atoms with Gasteiger partial charge in [-0.25, -0.2) is 9.59 Å². The van der Waals surface area contributed by atoms with Crippen LogP contribution in [-0.4, -0.2) is 45.3 Å². The van der Waals surface area contributed by atoms with Gasteiger partial charge in [0, 0.05) is 11.6 Å². The molecular formula is C19H15NO6S2. The normalized spacial score (nSPS) is 16.5. The first-order chi connectivity index (χ1) is 13.3. The predicted octanol–water partition coefficient (Wildman–Crippen LogP) is 3.41. The zero-order valence-corrected chi connectivity index (χ0v) is 16.5. The van der Waals surface area contributed by atoms with E-state index in [0.29, 0.717) is 22.0 Å². The second-order valence-electron chi connectivity index (χ2n) is 5.84. The number of rotatable bonds is 5. The lowest BCUT2D eigenvalue weighted by Gasteiger charge is -2.18. The first-order valence-corrected chi connectivity index (χ1v) is 9.32. The van der Waals surface area contributed by atoms with Gasteiger partial charge in [-0.3, -0.25) is 9.69 Å². The van der Waals surface area contributed by atoms with Gasteiger partial charge in [-0.05, 0) is 31.2 Å². The fourth-order valence-corrected chi connectivity index (χ4v) is 3.93. The molecule has 1 saturated heterocycles. The highest BCUT2D eigenvalue weighted by atomic mass is 32.2. The molecular weight excluding hydrogens is 402 g/mol. The molecule has 1 atom stereocenters. The molecule has 28 heavy (non-hydrogen) atoms. The Hall–Kier alpha value is -2.91. The van der Waals surface area contributed by atoms with Crippen molar-refractivity contribution in [2.45, 2.75) is 13.0 Å². The summed E-state index contributed by atoms with van der Waals surface area (Å²) in [5.74, 6) is -1.05. The van der Waals surface area contributed by atoms with Gasteiger partial charge in [0.2, 0.25) is 0 Å². The van der Waals surface area contributed by atoms with Crippen LogP contribution in [0.2, 0.25) is 0 Å². The monoisotopic (exact) mass is 417 g/mol. The minimum Gasteiger partial charge on any atom is -0.480 e. The maximum absolute atomic E-state index is 12.5. The van der Waals surface area contributed by atoms with Gasteiger partial charge in [0.05, 0.1) is 17.6 Å². The molecule has 1 aromatic heterocycles. The fourth-order valence-electron chi connectivity index (χ4n) is 2.53. The van der Waals surface area contributed by atoms with Crippen LogP contribution in [0.25, 0.3) is 17.4 Å². The van der Waals surface area contributed by atoms with Crippen molar-refractivity contribution in [3.05, 3.63) is 52.6 Å². The van der Waals surface area contributed by atoms with Crippen LogP contribution in [0.1, 0.15) is 23.0 Å². The van der Waals surface area contributed by atoms with E-state index in [1.807, 2.05) is 0 Å². The highest BCUT2D eigenvalue weighted by Gasteiger charge is 2.38. The number of amides is 1. The maximum atomic E-state index is 12.5. The summed E-state index contributed by atoms with van der Waals surface area (Å²) in [4.78, 5) is 36.5. The lowest BCUT2D eigenvalue weighted by atomic mass is 10.1. The quantitative estimate of drug-likeness (QED) is 0.449. The van der Waals surface area contributed by atoms with Crippen molar-refractivity contribution in [2.24, 2.45) is 0 Å². The van der Waals surface area contributed by atoms with Gasteiger partial charge in [0.1, 0.15) is 21.9 Å². The van der Waals surface area contributed by atoms with Crippen LogP contribution in [0.3, 0.4) is 0 Å². The molecule has 1 amide bonds. The van der Waals surface area contributed by atoms with Gasteiger partial charge in [0.25, 0.3) is 5.91 Å². The Labute approximate surface area is 170 Å². The summed E-state index contributed by atoms with van der Waals surface area (Å²) in [6, 6.07) is 9.09. The largest absolute Gasteiger partial charge is 0.480 e. The van der Waals surface area contributed by atoms with Crippen LogP contribution in [0.5, 0.6) is 0 Å². The minimum atomic E-state index is -1.13. The average molecular weight is 417 g/mol. The molecule has 1 aliphatic rings. The lowest BCUT2D eigenvalue weighted by molar-refractivity contribution is -0.144. The van der Waals surface area contributed by atoms with Crippen molar-refractivity contribution < 1.29 is 28.6 Å². The Bertz CT molecular complexity index is 992. The van der Waals surface area contributed by atoms with Gasteiger partial charge in [-0.2, -0.15) is 0 Å². The molecule has 1 aliphatic heterocycles. The van der Waals surface area contributed by atoms with Gasteiger partial charge in [-0.15, -0.1) is 0 Å². The number of carbonyl (C=O) groups excluding carboxylic acids is 2. The molecule has 7 nitrogen and oxygen atoms in total. The fraction of sp³-hybridized carbons (Fsp3) is 0.158. The Morgan fingerprint density at radius 3 is 2.54 bits per heavy atom. The average Bonchev–Trinajstić information content (AvgIpc) is 3.25. The van der Waals surface area contributed by atoms with Gasteiger partial charge >= 0.3 is 11.9 Å². The van der Waals surface area contributed by atoms with E-state index in [4.69, 9.17) is 21.7 Å². The number of thiocarbonyl (C=S) groups is 1. The van der Waals surface area contributed by atoms with Crippen molar-refractivity contribution in [3.63, 3.8) is 0 Å². The van der Waals surface area contributed by atoms with Crippen LogP contribution >= 0.6 is 24.0 Å². The number of furan rings is 1. The number of hydrogen-bond donors (Lipinski definition) is 1. The summed E-state index contributed by atoms with van der Waals surface area (Å²) in [6.45, 7) is 1.40. The minimum absolute atomic E-state index is 0.191. The number of esters is 1. The molecule has 1 N–H and O–H groups in total. The zero-order valence-electron chi connectivity index (χ0n) is 14.9. The summed E-state index contributed by atoms with van der Waals surface area (Å²) in [5, 5.41) is 9.12. The van der Waals surface area contributed by atoms with Gasteiger partial charge in [0.15, 0.2) is 0 Å². The highest BCUT2D eigenvalue weighted by Crippen LogP contribution is 2.34. The summed E-state index contributed by atoms with van der Waals surface area (Å²) in [7, 11) is 1.31. The standard InChI is InChI=1S/C19H15NO6S2/c1-10(17(22)23)20-16(21)15(28-19(20)27)9-13-7-8-14(26-13)11-3-5-12(6-4-11)18(24)25-2/h3-10H,1-2H3,(H,22,23)/b15-9-. The molecule has 1 aromatic carbocycles. The van der Waals surface area contributed by atoms with E-state index in [-0.39, 0.29) is 4.32 Å². The second kappa shape index (κ2) is 7.99. The number of ether oxygens (including phenoxy) is 1. The smallest absolute Gasteiger partial charge is 0.337 e. The van der Waals surface area contributed by atoms with E-state index in [9.17, 15) is 14.4 Å². The first kappa shape index (κ1) is 19.8. The molecule has 0 spiro atoms. The number of hydrogen-bond acceptors (Lipinski definition) is 7. The number of methoxy groups -OCH3 is 1. The maximum Gasteiger partial charge on any atom is 0.337 e. The SMILES string of the molecule is COC(=O)c1ccc(-c2ccc(/C=C3\SC(=S)N(C(C)C(=O)O)C3=O)o2)cc1. The molecule has 3 rings (SSSR count). The molecule has 1 unspecified atom stereocenters. The Kier molecular flexibility index (Phi) is 5.66. The molecule has 0 radical (unpaired) electrons. The first-order valence-electron chi connectivity index (χ1n) is 8.10. The number of benzene rings is 1. The predicted molar refractivity (Wildman–Crippen MR) is 108 cm³/mol. The number of carbonyl (C=O) groups is 3. The van der Waals surface area contributed by atoms with E-state index in [2.05, 4.69) is 4.74 Å². The van der Waals surface area contributed by atoms with E-state index in [1.165, 1.54) is 20.1 Å². The third kappa shape index (κ3) is 3.85. The van der Waals surface area contributed by atoms with Gasteiger partial charge < -0.3 is 14.3 Å². The number of carboxylic acids is 1. The van der Waals surface area contributed by atoms with E-state index >= 15 is 0 Å². The summed E-state index contributed by atoms with van der Waals surface area (Å²) in [5.41, 5.74) is 1.17. The molecule has 0 saturated carbocycles. The Morgan fingerprint density at radius 2 is 1.93 bits per heavy atom. The van der Waals surface area contributed by atoms with E-state index in [0.717, 1.165) is 22.2 Å². The number of thioether (sulfide) groups is 1. The lowest BCUT2D eigenvalue weighted by Crippen LogP contribution is -2.41. The Balaban J connectivity index is 1.81. The molecule has 2 aromatic rings. The van der Waals surface area contributed by atoms with Gasteiger partial charge in [-0.1, -0.05) is 36.1 Å². The molecule has 0 bridgehead atoms. The molecule has 9 heteroatoms. The van der Waals surface area contributed by atoms with Crippen LogP contribution in [0.4, 0.5) is 0 Å². The van der Waals surface area contributed by atoms with Crippen LogP contribution < -0.4 is 0 Å². The third-order valence-electron chi connectivity index (χ3n) is 4.06. The van der Waals surface area contributed by atoms with Crippen LogP contribution in [0.15, 0.2) is 45.7 Å². The third-order valence-corrected chi connectivity index (χ3v) is 5.39. The molecule has 0 aliphatic carbocycles.